The average molecular weight is 218 g/mol. The van der Waals surface area contributed by atoms with E-state index in [-0.39, 0.29) is 6.10 Å². The van der Waals surface area contributed by atoms with Crippen molar-refractivity contribution in [3.63, 3.8) is 0 Å². The van der Waals surface area contributed by atoms with Gasteiger partial charge in [0.2, 0.25) is 0 Å². The van der Waals surface area contributed by atoms with E-state index in [2.05, 4.69) is 15.4 Å². The second-order valence-corrected chi connectivity index (χ2v) is 4.04. The molecule has 0 bridgehead atoms. The number of nitrogens with zero attached hydrogens (tertiary/aromatic N) is 3. The molecule has 0 radical (unpaired) electrons. The predicted octanol–water partition coefficient (Wildman–Crippen LogP) is 0.699. The van der Waals surface area contributed by atoms with Gasteiger partial charge in [0.05, 0.1) is 18.4 Å². The molecule has 3 rings (SSSR count). The first-order valence-electron chi connectivity index (χ1n) is 5.47. The van der Waals surface area contributed by atoms with E-state index in [1.54, 1.807) is 0 Å². The summed E-state index contributed by atoms with van der Waals surface area (Å²) in [6.45, 7) is 4.48. The summed E-state index contributed by atoms with van der Waals surface area (Å²) in [4.78, 5) is 4.37. The summed E-state index contributed by atoms with van der Waals surface area (Å²) in [6.07, 6.45) is 3.95. The number of nitrogens with one attached hydrogen (secondary N) is 1. The van der Waals surface area contributed by atoms with Crippen LogP contribution in [0.25, 0.3) is 5.65 Å². The van der Waals surface area contributed by atoms with Crippen LogP contribution in [-0.4, -0.2) is 34.3 Å². The molecule has 1 unspecified atom stereocenters. The van der Waals surface area contributed by atoms with Crippen molar-refractivity contribution >= 4 is 5.65 Å². The largest absolute Gasteiger partial charge is 0.371 e. The molecule has 1 saturated heterocycles. The van der Waals surface area contributed by atoms with Gasteiger partial charge in [0.25, 0.3) is 0 Å². The molecular formula is C11H14N4O. The van der Waals surface area contributed by atoms with E-state index in [1.165, 1.54) is 0 Å². The van der Waals surface area contributed by atoms with Crippen LogP contribution in [-0.2, 0) is 4.74 Å². The predicted molar refractivity (Wildman–Crippen MR) is 59.3 cm³/mol. The van der Waals surface area contributed by atoms with Crippen LogP contribution in [0.15, 0.2) is 18.5 Å². The number of ether oxygens (including phenoxy) is 1. The number of hydrogen-bond acceptors (Lipinski definition) is 4. The van der Waals surface area contributed by atoms with E-state index in [0.29, 0.717) is 0 Å². The summed E-state index contributed by atoms with van der Waals surface area (Å²) < 4.78 is 7.48. The second kappa shape index (κ2) is 3.84. The van der Waals surface area contributed by atoms with E-state index in [9.17, 15) is 0 Å². The third-order valence-corrected chi connectivity index (χ3v) is 2.75. The first-order valence-corrected chi connectivity index (χ1v) is 5.47. The van der Waals surface area contributed by atoms with Gasteiger partial charge >= 0.3 is 0 Å². The highest BCUT2D eigenvalue weighted by molar-refractivity contribution is 5.39. The third-order valence-electron chi connectivity index (χ3n) is 2.75. The minimum Gasteiger partial charge on any atom is -0.371 e. The Morgan fingerprint density at radius 1 is 1.56 bits per heavy atom. The maximum atomic E-state index is 5.68. The van der Waals surface area contributed by atoms with E-state index < -0.39 is 0 Å². The minimum absolute atomic E-state index is 0.0927. The molecule has 1 N–H and O–H groups in total. The molecule has 0 aliphatic carbocycles. The first-order chi connectivity index (χ1) is 7.83. The zero-order valence-corrected chi connectivity index (χ0v) is 9.18. The lowest BCUT2D eigenvalue weighted by Gasteiger charge is -2.23. The highest BCUT2D eigenvalue weighted by Gasteiger charge is 2.16. The number of aromatic nitrogens is 3. The van der Waals surface area contributed by atoms with Crippen molar-refractivity contribution < 1.29 is 4.74 Å². The van der Waals surface area contributed by atoms with Gasteiger partial charge in [0.1, 0.15) is 0 Å². The number of rotatable bonds is 1. The molecule has 0 amide bonds. The summed E-state index contributed by atoms with van der Waals surface area (Å²) >= 11 is 0. The van der Waals surface area contributed by atoms with Crippen molar-refractivity contribution in [3.05, 3.63) is 29.7 Å². The van der Waals surface area contributed by atoms with Crippen molar-refractivity contribution in [2.75, 3.05) is 19.7 Å². The van der Waals surface area contributed by atoms with Crippen LogP contribution in [0.5, 0.6) is 0 Å². The Hall–Kier alpha value is -1.46. The van der Waals surface area contributed by atoms with Gasteiger partial charge in [-0.3, -0.25) is 0 Å². The maximum Gasteiger partial charge on any atom is 0.155 e. The zero-order valence-electron chi connectivity index (χ0n) is 9.18. The highest BCUT2D eigenvalue weighted by atomic mass is 16.5. The fraction of sp³-hybridized carbons (Fsp3) is 0.455. The van der Waals surface area contributed by atoms with Crippen molar-refractivity contribution in [1.82, 2.24) is 19.9 Å². The van der Waals surface area contributed by atoms with Crippen LogP contribution in [0.4, 0.5) is 0 Å². The SMILES string of the molecule is Cc1cc2ncc(C3CNCCO3)cn2n1. The molecule has 16 heavy (non-hydrogen) atoms. The summed E-state index contributed by atoms with van der Waals surface area (Å²) in [5.41, 5.74) is 2.93. The first kappa shape index (κ1) is 9.74. The Kier molecular flexibility index (Phi) is 2.34. The van der Waals surface area contributed by atoms with E-state index >= 15 is 0 Å². The molecule has 5 nitrogen and oxygen atoms in total. The summed E-state index contributed by atoms with van der Waals surface area (Å²) in [7, 11) is 0. The molecule has 1 fully saturated rings. The van der Waals surface area contributed by atoms with E-state index in [0.717, 1.165) is 36.6 Å². The third kappa shape index (κ3) is 1.68. The molecular weight excluding hydrogens is 204 g/mol. The van der Waals surface area contributed by atoms with Gasteiger partial charge in [0.15, 0.2) is 5.65 Å². The quantitative estimate of drug-likeness (QED) is 0.765. The van der Waals surface area contributed by atoms with Gasteiger partial charge < -0.3 is 10.1 Å². The Morgan fingerprint density at radius 2 is 2.50 bits per heavy atom. The fourth-order valence-corrected chi connectivity index (χ4v) is 1.96. The lowest BCUT2D eigenvalue weighted by Crippen LogP contribution is -2.33. The summed E-state index contributed by atoms with van der Waals surface area (Å²) in [6, 6.07) is 1.96. The lowest BCUT2D eigenvalue weighted by molar-refractivity contribution is 0.0272. The van der Waals surface area contributed by atoms with Crippen molar-refractivity contribution in [2.45, 2.75) is 13.0 Å². The molecule has 0 aromatic carbocycles. The molecule has 5 heteroatoms. The molecule has 2 aromatic rings. The number of hydrogen-bond donors (Lipinski definition) is 1. The van der Waals surface area contributed by atoms with Gasteiger partial charge in [-0.1, -0.05) is 0 Å². The van der Waals surface area contributed by atoms with E-state index in [4.69, 9.17) is 4.74 Å². The smallest absolute Gasteiger partial charge is 0.155 e. The number of fused-ring (bicyclic) bond motifs is 1. The van der Waals surface area contributed by atoms with Gasteiger partial charge in [-0.2, -0.15) is 5.10 Å². The summed E-state index contributed by atoms with van der Waals surface area (Å²) in [5.74, 6) is 0. The summed E-state index contributed by atoms with van der Waals surface area (Å²) in [5, 5.41) is 7.65. The Morgan fingerprint density at radius 3 is 3.31 bits per heavy atom. The molecule has 2 aromatic heterocycles. The molecule has 3 heterocycles. The van der Waals surface area contributed by atoms with Gasteiger partial charge in [-0.15, -0.1) is 0 Å². The van der Waals surface area contributed by atoms with Crippen LogP contribution in [0.1, 0.15) is 17.4 Å². The van der Waals surface area contributed by atoms with Gasteiger partial charge in [-0.05, 0) is 6.92 Å². The van der Waals surface area contributed by atoms with Crippen LogP contribution in [0.3, 0.4) is 0 Å². The molecule has 0 saturated carbocycles. The molecule has 1 aliphatic heterocycles. The Labute approximate surface area is 93.4 Å². The topological polar surface area (TPSA) is 51.5 Å². The lowest BCUT2D eigenvalue weighted by atomic mass is 10.2. The number of morpholine rings is 1. The number of aryl methyl sites for hydroxylation is 1. The fourth-order valence-electron chi connectivity index (χ4n) is 1.96. The van der Waals surface area contributed by atoms with Gasteiger partial charge in [-0.25, -0.2) is 9.50 Å². The van der Waals surface area contributed by atoms with E-state index in [1.807, 2.05) is 29.9 Å². The Balaban J connectivity index is 1.97. The molecule has 1 atom stereocenters. The zero-order chi connectivity index (χ0) is 11.0. The molecule has 0 spiro atoms. The van der Waals surface area contributed by atoms with Crippen molar-refractivity contribution in [1.29, 1.82) is 0 Å². The Bertz CT molecular complexity index is 502. The minimum atomic E-state index is 0.0927. The van der Waals surface area contributed by atoms with Crippen molar-refractivity contribution in [3.8, 4) is 0 Å². The highest BCUT2D eigenvalue weighted by Crippen LogP contribution is 2.18. The molecule has 84 valence electrons. The maximum absolute atomic E-state index is 5.68. The van der Waals surface area contributed by atoms with Crippen LogP contribution in [0, 0.1) is 6.92 Å². The standard InChI is InChI=1S/C11H14N4O/c1-8-4-11-13-5-9(7-15(11)14-8)10-6-12-2-3-16-10/h4-5,7,10,12H,2-3,6H2,1H3. The van der Waals surface area contributed by atoms with Crippen LogP contribution in [0.2, 0.25) is 0 Å². The van der Waals surface area contributed by atoms with Crippen LogP contribution < -0.4 is 5.32 Å². The monoisotopic (exact) mass is 218 g/mol. The van der Waals surface area contributed by atoms with Crippen LogP contribution >= 0.6 is 0 Å². The normalized spacial score (nSPS) is 21.4. The van der Waals surface area contributed by atoms with Crippen molar-refractivity contribution in [2.24, 2.45) is 0 Å². The average Bonchev–Trinajstić information content (AvgIpc) is 2.69. The molecule has 1 aliphatic rings. The van der Waals surface area contributed by atoms with Gasteiger partial charge in [0, 0.05) is 37.1 Å². The second-order valence-electron chi connectivity index (χ2n) is 4.04.